The van der Waals surface area contributed by atoms with Crippen LogP contribution in [0.1, 0.15) is 18.4 Å². The van der Waals surface area contributed by atoms with Crippen LogP contribution in [0.2, 0.25) is 0 Å². The maximum absolute atomic E-state index is 11.3. The molecule has 1 aromatic carbocycles. The van der Waals surface area contributed by atoms with Gasteiger partial charge in [0.15, 0.2) is 0 Å². The number of carboxylic acids is 1. The van der Waals surface area contributed by atoms with E-state index in [2.05, 4.69) is 16.0 Å². The van der Waals surface area contributed by atoms with Crippen molar-refractivity contribution in [3.63, 3.8) is 0 Å². The molecule has 0 atom stereocenters. The number of carbonyl (C=O) groups excluding carboxylic acids is 1. The van der Waals surface area contributed by atoms with Crippen molar-refractivity contribution in [1.29, 1.82) is 0 Å². The molecule has 0 bridgehead atoms. The summed E-state index contributed by atoms with van der Waals surface area (Å²) in [5, 5.41) is 27.3. The highest BCUT2D eigenvalue weighted by Crippen LogP contribution is 2.24. The van der Waals surface area contributed by atoms with E-state index in [0.717, 1.165) is 5.56 Å². The van der Waals surface area contributed by atoms with Crippen molar-refractivity contribution in [3.05, 3.63) is 33.9 Å². The van der Waals surface area contributed by atoms with Crippen LogP contribution in [0.15, 0.2) is 18.2 Å². The molecule has 0 aliphatic heterocycles. The lowest BCUT2D eigenvalue weighted by atomic mass is 10.2. The summed E-state index contributed by atoms with van der Waals surface area (Å²) in [6, 6.07) is 4.49. The zero-order chi connectivity index (χ0) is 17.2. The third-order valence-electron chi connectivity index (χ3n) is 2.93. The highest BCUT2D eigenvalue weighted by molar-refractivity contribution is 5.74. The van der Waals surface area contributed by atoms with Crippen LogP contribution in [0, 0.1) is 17.0 Å². The van der Waals surface area contributed by atoms with Gasteiger partial charge < -0.3 is 21.1 Å². The number of rotatable bonds is 9. The van der Waals surface area contributed by atoms with Gasteiger partial charge in [-0.25, -0.2) is 4.79 Å². The van der Waals surface area contributed by atoms with Gasteiger partial charge in [0.05, 0.1) is 11.3 Å². The molecule has 1 rings (SSSR count). The number of aliphatic carboxylic acids is 1. The number of anilines is 1. The number of nitro benzene ring substituents is 1. The molecule has 0 saturated heterocycles. The number of benzene rings is 1. The monoisotopic (exact) mass is 324 g/mol. The highest BCUT2D eigenvalue weighted by Gasteiger charge is 2.12. The number of carbonyl (C=O) groups is 2. The first kappa shape index (κ1) is 18.2. The zero-order valence-corrected chi connectivity index (χ0v) is 12.8. The minimum absolute atomic E-state index is 0.0179. The number of urea groups is 1. The van der Waals surface area contributed by atoms with E-state index in [-0.39, 0.29) is 18.7 Å². The van der Waals surface area contributed by atoms with Crippen LogP contribution in [0.3, 0.4) is 0 Å². The zero-order valence-electron chi connectivity index (χ0n) is 12.8. The van der Waals surface area contributed by atoms with Crippen molar-refractivity contribution < 1.29 is 19.6 Å². The SMILES string of the molecule is Cc1ccc(NCCCNC(=O)NCCC(=O)O)c([N+](=O)[O-])c1. The van der Waals surface area contributed by atoms with E-state index in [1.165, 1.54) is 6.07 Å². The molecule has 0 unspecified atom stereocenters. The maximum Gasteiger partial charge on any atom is 0.314 e. The van der Waals surface area contributed by atoms with Gasteiger partial charge in [0.1, 0.15) is 5.69 Å². The van der Waals surface area contributed by atoms with E-state index in [1.807, 2.05) is 0 Å². The summed E-state index contributed by atoms with van der Waals surface area (Å²) < 4.78 is 0. The predicted molar refractivity (Wildman–Crippen MR) is 84.6 cm³/mol. The lowest BCUT2D eigenvalue weighted by molar-refractivity contribution is -0.384. The van der Waals surface area contributed by atoms with Gasteiger partial charge in [-0.3, -0.25) is 14.9 Å². The van der Waals surface area contributed by atoms with Gasteiger partial charge in [-0.2, -0.15) is 0 Å². The van der Waals surface area contributed by atoms with Gasteiger partial charge in [-0.05, 0) is 25.0 Å². The summed E-state index contributed by atoms with van der Waals surface area (Å²) in [5.41, 5.74) is 1.26. The Hall–Kier alpha value is -2.84. The molecule has 0 spiro atoms. The molecule has 9 nitrogen and oxygen atoms in total. The van der Waals surface area contributed by atoms with Crippen LogP contribution in [0.25, 0.3) is 0 Å². The Labute approximate surface area is 133 Å². The van der Waals surface area contributed by atoms with E-state index in [9.17, 15) is 19.7 Å². The molecule has 0 saturated carbocycles. The predicted octanol–water partition coefficient (Wildman–Crippen LogP) is 1.48. The van der Waals surface area contributed by atoms with Gasteiger partial charge in [0.2, 0.25) is 0 Å². The molecular formula is C14H20N4O5. The molecule has 2 amide bonds. The molecule has 0 radical (unpaired) electrons. The first-order chi connectivity index (χ1) is 10.9. The van der Waals surface area contributed by atoms with Crippen molar-refractivity contribution in [2.75, 3.05) is 25.0 Å². The van der Waals surface area contributed by atoms with Crippen molar-refractivity contribution >= 4 is 23.4 Å². The quantitative estimate of drug-likeness (QED) is 0.309. The number of nitro groups is 1. The van der Waals surface area contributed by atoms with Gasteiger partial charge in [-0.15, -0.1) is 0 Å². The van der Waals surface area contributed by atoms with E-state index in [4.69, 9.17) is 5.11 Å². The normalized spacial score (nSPS) is 9.96. The number of aryl methyl sites for hydroxylation is 1. The smallest absolute Gasteiger partial charge is 0.314 e. The maximum atomic E-state index is 11.3. The molecule has 1 aromatic rings. The molecule has 4 N–H and O–H groups in total. The van der Waals surface area contributed by atoms with Gasteiger partial charge in [0, 0.05) is 25.7 Å². The van der Waals surface area contributed by atoms with Crippen molar-refractivity contribution in [2.45, 2.75) is 19.8 Å². The van der Waals surface area contributed by atoms with E-state index < -0.39 is 16.9 Å². The number of hydrogen-bond acceptors (Lipinski definition) is 5. The lowest BCUT2D eigenvalue weighted by Crippen LogP contribution is -2.37. The molecule has 0 aliphatic carbocycles. The summed E-state index contributed by atoms with van der Waals surface area (Å²) >= 11 is 0. The van der Waals surface area contributed by atoms with Crippen LogP contribution in [-0.2, 0) is 4.79 Å². The lowest BCUT2D eigenvalue weighted by Gasteiger charge is -2.09. The Kier molecular flexibility index (Phi) is 7.31. The summed E-state index contributed by atoms with van der Waals surface area (Å²) in [7, 11) is 0. The molecule has 0 fully saturated rings. The topological polar surface area (TPSA) is 134 Å². The van der Waals surface area contributed by atoms with E-state index >= 15 is 0 Å². The van der Waals surface area contributed by atoms with E-state index in [1.54, 1.807) is 19.1 Å². The first-order valence-electron chi connectivity index (χ1n) is 7.12. The Morgan fingerprint density at radius 1 is 1.22 bits per heavy atom. The van der Waals surface area contributed by atoms with Crippen LogP contribution in [0.4, 0.5) is 16.2 Å². The third kappa shape index (κ3) is 7.11. The molecular weight excluding hydrogens is 304 g/mol. The fourth-order valence-corrected chi connectivity index (χ4v) is 1.80. The van der Waals surface area contributed by atoms with Crippen LogP contribution >= 0.6 is 0 Å². The van der Waals surface area contributed by atoms with Gasteiger partial charge in [-0.1, -0.05) is 6.07 Å². The van der Waals surface area contributed by atoms with Crippen molar-refractivity contribution in [3.8, 4) is 0 Å². The molecule has 0 aromatic heterocycles. The standard InChI is InChI=1S/C14H20N4O5/c1-10-3-4-11(12(9-10)18(22)23)15-6-2-7-16-14(21)17-8-5-13(19)20/h3-4,9,15H,2,5-8H2,1H3,(H,19,20)(H2,16,17,21). The summed E-state index contributed by atoms with van der Waals surface area (Å²) in [4.78, 5) is 32.1. The first-order valence-corrected chi connectivity index (χ1v) is 7.12. The van der Waals surface area contributed by atoms with Gasteiger partial charge >= 0.3 is 12.0 Å². The second kappa shape index (κ2) is 9.23. The van der Waals surface area contributed by atoms with Crippen LogP contribution in [0.5, 0.6) is 0 Å². The average Bonchev–Trinajstić information content (AvgIpc) is 2.47. The second-order valence-electron chi connectivity index (χ2n) is 4.88. The summed E-state index contributed by atoms with van der Waals surface area (Å²) in [5.74, 6) is -0.978. The second-order valence-corrected chi connectivity index (χ2v) is 4.88. The Morgan fingerprint density at radius 2 is 1.91 bits per heavy atom. The minimum atomic E-state index is -0.978. The number of nitrogens with one attached hydrogen (secondary N) is 3. The molecule has 9 heteroatoms. The van der Waals surface area contributed by atoms with Crippen molar-refractivity contribution in [1.82, 2.24) is 10.6 Å². The van der Waals surface area contributed by atoms with E-state index in [0.29, 0.717) is 25.2 Å². The summed E-state index contributed by atoms with van der Waals surface area (Å²) in [6.45, 7) is 2.67. The number of hydrogen-bond donors (Lipinski definition) is 4. The minimum Gasteiger partial charge on any atom is -0.481 e. The number of carboxylic acid groups (broad SMARTS) is 1. The number of nitrogens with zero attached hydrogens (tertiary/aromatic N) is 1. The van der Waals surface area contributed by atoms with Gasteiger partial charge in [0.25, 0.3) is 5.69 Å². The van der Waals surface area contributed by atoms with Crippen molar-refractivity contribution in [2.24, 2.45) is 0 Å². The van der Waals surface area contributed by atoms with Crippen LogP contribution < -0.4 is 16.0 Å². The molecule has 0 heterocycles. The third-order valence-corrected chi connectivity index (χ3v) is 2.93. The Balaban J connectivity index is 2.26. The molecule has 0 aliphatic rings. The molecule has 126 valence electrons. The Morgan fingerprint density at radius 3 is 2.57 bits per heavy atom. The Bertz CT molecular complexity index is 576. The van der Waals surface area contributed by atoms with Crippen LogP contribution in [-0.4, -0.2) is 41.7 Å². The highest BCUT2D eigenvalue weighted by atomic mass is 16.6. The fourth-order valence-electron chi connectivity index (χ4n) is 1.80. The number of amides is 2. The average molecular weight is 324 g/mol. The largest absolute Gasteiger partial charge is 0.481 e. The summed E-state index contributed by atoms with van der Waals surface area (Å²) in [6.07, 6.45) is 0.434. The molecule has 23 heavy (non-hydrogen) atoms. The fraction of sp³-hybridized carbons (Fsp3) is 0.429.